The van der Waals surface area contributed by atoms with Gasteiger partial charge in [-0.25, -0.2) is 4.98 Å². The summed E-state index contributed by atoms with van der Waals surface area (Å²) in [6.07, 6.45) is 1.75. The molecule has 0 aliphatic rings. The van der Waals surface area contributed by atoms with E-state index in [1.165, 1.54) is 11.8 Å². The zero-order valence-electron chi connectivity index (χ0n) is 17.6. The molecule has 0 unspecified atom stereocenters. The number of hydrogen-bond acceptors (Lipinski definition) is 4. The molecule has 4 rings (SSSR count). The summed E-state index contributed by atoms with van der Waals surface area (Å²) in [7, 11) is 0. The molecule has 5 nitrogen and oxygen atoms in total. The number of fused-ring (bicyclic) bond motifs is 1. The molecule has 6 heteroatoms. The number of benzene rings is 2. The van der Waals surface area contributed by atoms with Gasteiger partial charge < -0.3 is 10.7 Å². The summed E-state index contributed by atoms with van der Waals surface area (Å²) in [6.45, 7) is 5.69. The van der Waals surface area contributed by atoms with Crippen molar-refractivity contribution in [3.63, 3.8) is 0 Å². The van der Waals surface area contributed by atoms with Gasteiger partial charge in [0, 0.05) is 28.4 Å². The molecule has 0 aliphatic carbocycles. The Bertz CT molecular complexity index is 1300. The minimum absolute atomic E-state index is 0.0539. The van der Waals surface area contributed by atoms with Crippen LogP contribution in [-0.2, 0) is 0 Å². The van der Waals surface area contributed by atoms with Crippen LogP contribution >= 0.6 is 11.8 Å². The van der Waals surface area contributed by atoms with E-state index in [-0.39, 0.29) is 5.78 Å². The molecule has 0 radical (unpaired) electrons. The van der Waals surface area contributed by atoms with Gasteiger partial charge in [-0.05, 0) is 43.5 Å². The minimum Gasteiger partial charge on any atom is -0.366 e. The van der Waals surface area contributed by atoms with E-state index in [2.05, 4.69) is 9.97 Å². The van der Waals surface area contributed by atoms with Gasteiger partial charge in [0.15, 0.2) is 5.78 Å². The van der Waals surface area contributed by atoms with Crippen LogP contribution in [0.15, 0.2) is 65.8 Å². The lowest BCUT2D eigenvalue weighted by atomic mass is 10.0. The van der Waals surface area contributed by atoms with Crippen LogP contribution in [0, 0.1) is 20.8 Å². The monoisotopic (exact) mass is 429 g/mol. The summed E-state index contributed by atoms with van der Waals surface area (Å²) < 4.78 is 0. The van der Waals surface area contributed by atoms with E-state index in [9.17, 15) is 9.59 Å². The smallest absolute Gasteiger partial charge is 0.251 e. The van der Waals surface area contributed by atoms with E-state index < -0.39 is 11.2 Å². The van der Waals surface area contributed by atoms with Crippen molar-refractivity contribution in [1.29, 1.82) is 0 Å². The van der Waals surface area contributed by atoms with Crippen LogP contribution in [0.4, 0.5) is 0 Å². The highest BCUT2D eigenvalue weighted by Gasteiger charge is 2.29. The number of carbonyl (C=O) groups excluding carboxylic acids is 2. The number of Topliss-reactive ketones (excluding diaryl/α,β-unsaturated/α-hetero) is 1. The number of pyridine rings is 1. The molecule has 3 N–H and O–H groups in total. The summed E-state index contributed by atoms with van der Waals surface area (Å²) in [4.78, 5) is 33.9. The van der Waals surface area contributed by atoms with E-state index in [4.69, 9.17) is 5.73 Å². The molecule has 2 aromatic heterocycles. The second kappa shape index (κ2) is 8.40. The Morgan fingerprint density at radius 2 is 1.65 bits per heavy atom. The Morgan fingerprint density at radius 1 is 0.968 bits per heavy atom. The van der Waals surface area contributed by atoms with E-state index in [1.54, 1.807) is 6.20 Å². The van der Waals surface area contributed by atoms with E-state index in [0.717, 1.165) is 33.3 Å². The number of aromatic nitrogens is 2. The fraction of sp³-hybridized carbons (Fsp3) is 0.160. The van der Waals surface area contributed by atoms with Crippen LogP contribution < -0.4 is 5.73 Å². The summed E-state index contributed by atoms with van der Waals surface area (Å²) >= 11 is 1.27. The lowest BCUT2D eigenvalue weighted by Crippen LogP contribution is -2.18. The molecule has 4 aromatic rings. The molecule has 0 aliphatic heterocycles. The molecule has 0 saturated heterocycles. The maximum absolute atomic E-state index is 13.8. The fourth-order valence-electron chi connectivity index (χ4n) is 3.72. The first-order chi connectivity index (χ1) is 14.9. The second-order valence-corrected chi connectivity index (χ2v) is 8.61. The normalized spacial score (nSPS) is 12.1. The van der Waals surface area contributed by atoms with Crippen molar-refractivity contribution in [2.75, 3.05) is 0 Å². The molecular formula is C25H23N3O2S. The summed E-state index contributed by atoms with van der Waals surface area (Å²) in [5, 5.41) is 0.774. The van der Waals surface area contributed by atoms with E-state index >= 15 is 0 Å². The van der Waals surface area contributed by atoms with Gasteiger partial charge in [0.05, 0.1) is 10.8 Å². The van der Waals surface area contributed by atoms with E-state index in [1.807, 2.05) is 75.4 Å². The second-order valence-electron chi connectivity index (χ2n) is 7.51. The van der Waals surface area contributed by atoms with Crippen LogP contribution in [0.5, 0.6) is 0 Å². The van der Waals surface area contributed by atoms with Crippen molar-refractivity contribution >= 4 is 34.4 Å². The Morgan fingerprint density at radius 3 is 2.35 bits per heavy atom. The number of aromatic amines is 1. The number of para-hydroxylation sites is 1. The number of hydrogen-bond donors (Lipinski definition) is 2. The van der Waals surface area contributed by atoms with Crippen LogP contribution in [0.25, 0.3) is 10.9 Å². The zero-order valence-corrected chi connectivity index (χ0v) is 18.4. The minimum atomic E-state index is -0.576. The average molecular weight is 430 g/mol. The molecule has 1 amide bonds. The molecule has 0 fully saturated rings. The largest absolute Gasteiger partial charge is 0.366 e. The molecule has 0 spiro atoms. The third-order valence-corrected chi connectivity index (χ3v) is 6.87. The van der Waals surface area contributed by atoms with Crippen LogP contribution in [0.1, 0.15) is 48.4 Å². The lowest BCUT2D eigenvalue weighted by Gasteiger charge is -2.19. The first-order valence-corrected chi connectivity index (χ1v) is 10.9. The number of primary amides is 1. The third-order valence-electron chi connectivity index (χ3n) is 5.63. The average Bonchev–Trinajstić information content (AvgIpc) is 3.20. The Balaban J connectivity index is 1.85. The number of nitrogens with two attached hydrogens (primary N) is 1. The van der Waals surface area contributed by atoms with Crippen molar-refractivity contribution < 1.29 is 9.59 Å². The number of carbonyl (C=O) groups is 2. The number of nitrogens with one attached hydrogen (secondary N) is 1. The van der Waals surface area contributed by atoms with Crippen LogP contribution in [0.3, 0.4) is 0 Å². The highest BCUT2D eigenvalue weighted by molar-refractivity contribution is 8.00. The van der Waals surface area contributed by atoms with Crippen molar-refractivity contribution in [2.24, 2.45) is 5.73 Å². The van der Waals surface area contributed by atoms with Gasteiger partial charge in [0.1, 0.15) is 5.03 Å². The number of thioether (sulfide) groups is 1. The number of ketones is 1. The Kier molecular flexibility index (Phi) is 5.65. The summed E-state index contributed by atoms with van der Waals surface area (Å²) in [5.74, 6) is -0.594. The Labute approximate surface area is 185 Å². The topological polar surface area (TPSA) is 88.8 Å². The first-order valence-electron chi connectivity index (χ1n) is 9.98. The molecular weight excluding hydrogens is 406 g/mol. The van der Waals surface area contributed by atoms with Gasteiger partial charge in [-0.3, -0.25) is 9.59 Å². The number of amides is 1. The first kappa shape index (κ1) is 20.9. The van der Waals surface area contributed by atoms with Gasteiger partial charge in [-0.15, -0.1) is 0 Å². The van der Waals surface area contributed by atoms with Gasteiger partial charge >= 0.3 is 0 Å². The van der Waals surface area contributed by atoms with Crippen LogP contribution in [0.2, 0.25) is 0 Å². The molecule has 2 heterocycles. The molecule has 31 heavy (non-hydrogen) atoms. The maximum atomic E-state index is 13.8. The number of nitrogens with zero attached hydrogens (tertiary/aromatic N) is 1. The van der Waals surface area contributed by atoms with Crippen molar-refractivity contribution in [3.05, 3.63) is 94.3 Å². The summed E-state index contributed by atoms with van der Waals surface area (Å²) in [6, 6.07) is 17.3. The predicted octanol–water partition coefficient (Wildman–Crippen LogP) is 5.30. The van der Waals surface area contributed by atoms with Gasteiger partial charge in [0.25, 0.3) is 5.91 Å². The van der Waals surface area contributed by atoms with Crippen LogP contribution in [-0.4, -0.2) is 21.7 Å². The highest BCUT2D eigenvalue weighted by atomic mass is 32.2. The Hall–Kier alpha value is -3.38. The highest BCUT2D eigenvalue weighted by Crippen LogP contribution is 2.40. The number of H-pyrrole nitrogens is 1. The van der Waals surface area contributed by atoms with Crippen molar-refractivity contribution in [3.8, 4) is 0 Å². The van der Waals surface area contributed by atoms with Gasteiger partial charge in [-0.1, -0.05) is 60.3 Å². The maximum Gasteiger partial charge on any atom is 0.251 e. The quantitative estimate of drug-likeness (QED) is 0.321. The molecule has 156 valence electrons. The van der Waals surface area contributed by atoms with Crippen molar-refractivity contribution in [2.45, 2.75) is 31.0 Å². The standard InChI is InChI=1S/C25H23N3O2S/c1-14-15(2)21(24(26)30)25(28-16(14)3)31-23(17-9-5-4-6-10-17)22(29)19-13-27-20-12-8-7-11-18(19)20/h4-13,23,27H,1-3H3,(H2,26,30)/t23-/m1/s1. The SMILES string of the molecule is Cc1nc(S[C@@H](C(=O)c2c[nH]c3ccccc23)c2ccccc2)c(C(N)=O)c(C)c1C. The molecule has 0 saturated carbocycles. The predicted molar refractivity (Wildman–Crippen MR) is 125 cm³/mol. The molecule has 2 aromatic carbocycles. The number of aryl methyl sites for hydroxylation is 1. The fourth-order valence-corrected chi connectivity index (χ4v) is 5.03. The lowest BCUT2D eigenvalue weighted by molar-refractivity contribution is 0.0982. The van der Waals surface area contributed by atoms with Gasteiger partial charge in [0.2, 0.25) is 0 Å². The third kappa shape index (κ3) is 3.86. The summed E-state index contributed by atoms with van der Waals surface area (Å²) in [5.41, 5.74) is 11.0. The van der Waals surface area contributed by atoms with Crippen molar-refractivity contribution in [1.82, 2.24) is 9.97 Å². The van der Waals surface area contributed by atoms with E-state index in [0.29, 0.717) is 16.2 Å². The molecule has 1 atom stereocenters. The molecule has 0 bridgehead atoms. The number of rotatable bonds is 6. The zero-order chi connectivity index (χ0) is 22.1. The van der Waals surface area contributed by atoms with Gasteiger partial charge in [-0.2, -0.15) is 0 Å².